The summed E-state index contributed by atoms with van der Waals surface area (Å²) in [6.45, 7) is 0. The van der Waals surface area contributed by atoms with E-state index in [1.165, 1.54) is 35.4 Å². The lowest BCUT2D eigenvalue weighted by atomic mass is 9.90. The summed E-state index contributed by atoms with van der Waals surface area (Å²) >= 11 is 0. The number of carbonyl (C=O) groups excluding carboxylic acids is 2. The van der Waals surface area contributed by atoms with Crippen molar-refractivity contribution in [2.75, 3.05) is 9.96 Å². The SMILES string of the molecule is O=C1[C@@H]2[C@@H](ON(c3ccccc3)[C@H]2c2ccc(O)c(O)c2)C(=O)N1c1ccccc1F. The molecule has 2 aliphatic rings. The minimum atomic E-state index is -1.16. The molecule has 0 aromatic heterocycles. The second-order valence-electron chi connectivity index (χ2n) is 7.37. The first-order chi connectivity index (χ1) is 15.0. The smallest absolute Gasteiger partial charge is 0.266 e. The van der Waals surface area contributed by atoms with Crippen LogP contribution in [0.4, 0.5) is 15.8 Å². The molecule has 2 aliphatic heterocycles. The van der Waals surface area contributed by atoms with Gasteiger partial charge in [0.2, 0.25) is 5.91 Å². The molecule has 5 rings (SSSR count). The number of phenolic OH excluding ortho intramolecular Hbond substituents is 2. The third-order valence-electron chi connectivity index (χ3n) is 5.56. The molecule has 2 N–H and O–H groups in total. The molecule has 0 radical (unpaired) electrons. The van der Waals surface area contributed by atoms with Crippen molar-refractivity contribution < 1.29 is 29.0 Å². The molecule has 156 valence electrons. The molecule has 0 unspecified atom stereocenters. The minimum absolute atomic E-state index is 0.130. The Morgan fingerprint density at radius 2 is 1.55 bits per heavy atom. The summed E-state index contributed by atoms with van der Waals surface area (Å²) < 4.78 is 14.4. The average molecular weight is 420 g/mol. The van der Waals surface area contributed by atoms with Gasteiger partial charge in [-0.25, -0.2) is 14.4 Å². The predicted octanol–water partition coefficient (Wildman–Crippen LogP) is 3.29. The Labute approximate surface area is 176 Å². The van der Waals surface area contributed by atoms with Gasteiger partial charge in [0, 0.05) is 0 Å². The fraction of sp³-hybridized carbons (Fsp3) is 0.130. The van der Waals surface area contributed by atoms with Crippen LogP contribution in [0.1, 0.15) is 11.6 Å². The Bertz CT molecular complexity index is 1190. The van der Waals surface area contributed by atoms with Gasteiger partial charge in [0.25, 0.3) is 5.91 Å². The third-order valence-corrected chi connectivity index (χ3v) is 5.56. The molecule has 3 atom stereocenters. The van der Waals surface area contributed by atoms with Gasteiger partial charge in [-0.15, -0.1) is 0 Å². The minimum Gasteiger partial charge on any atom is -0.504 e. The van der Waals surface area contributed by atoms with Crippen LogP contribution in [0.15, 0.2) is 72.8 Å². The Balaban J connectivity index is 1.62. The Hall–Kier alpha value is -3.91. The van der Waals surface area contributed by atoms with Gasteiger partial charge in [-0.2, -0.15) is 0 Å². The van der Waals surface area contributed by atoms with E-state index in [0.717, 1.165) is 4.90 Å². The number of rotatable bonds is 3. The first kappa shape index (κ1) is 19.1. The standard InChI is InChI=1S/C23H17FN2O5/c24-15-8-4-5-9-16(15)25-22(29)19-20(13-10-11-17(27)18(28)12-13)26(31-21(19)23(25)30)14-6-2-1-3-7-14/h1-12,19-21,27-28H/t19-,20-,21+/m0/s1. The number of carbonyl (C=O) groups is 2. The second kappa shape index (κ2) is 7.10. The highest BCUT2D eigenvalue weighted by molar-refractivity contribution is 6.24. The second-order valence-corrected chi connectivity index (χ2v) is 7.37. The van der Waals surface area contributed by atoms with Crippen LogP contribution in [-0.4, -0.2) is 28.1 Å². The van der Waals surface area contributed by atoms with E-state index in [2.05, 4.69) is 0 Å². The van der Waals surface area contributed by atoms with E-state index < -0.39 is 35.7 Å². The summed E-state index contributed by atoms with van der Waals surface area (Å²) in [6, 6.07) is 17.9. The molecule has 2 fully saturated rings. The topological polar surface area (TPSA) is 90.3 Å². The van der Waals surface area contributed by atoms with Crippen LogP contribution >= 0.6 is 0 Å². The third kappa shape index (κ3) is 2.91. The molecular weight excluding hydrogens is 403 g/mol. The number of nitrogens with zero attached hydrogens (tertiary/aromatic N) is 2. The number of hydrogen-bond acceptors (Lipinski definition) is 6. The number of halogens is 1. The van der Waals surface area contributed by atoms with E-state index in [1.54, 1.807) is 36.4 Å². The lowest BCUT2D eigenvalue weighted by Crippen LogP contribution is -2.37. The molecule has 3 aromatic carbocycles. The number of para-hydroxylation sites is 2. The highest BCUT2D eigenvalue weighted by atomic mass is 19.1. The molecule has 31 heavy (non-hydrogen) atoms. The van der Waals surface area contributed by atoms with Crippen molar-refractivity contribution in [3.05, 3.63) is 84.2 Å². The largest absolute Gasteiger partial charge is 0.504 e. The van der Waals surface area contributed by atoms with Crippen molar-refractivity contribution in [1.29, 1.82) is 0 Å². The number of hydroxylamine groups is 1. The van der Waals surface area contributed by atoms with E-state index in [9.17, 15) is 24.2 Å². The first-order valence-corrected chi connectivity index (χ1v) is 9.62. The zero-order valence-electron chi connectivity index (χ0n) is 16.1. The van der Waals surface area contributed by atoms with E-state index in [-0.39, 0.29) is 17.2 Å². The van der Waals surface area contributed by atoms with Gasteiger partial charge in [-0.3, -0.25) is 14.4 Å². The van der Waals surface area contributed by atoms with Crippen LogP contribution in [0.25, 0.3) is 0 Å². The lowest BCUT2D eigenvalue weighted by Gasteiger charge is -2.29. The fourth-order valence-corrected chi connectivity index (χ4v) is 4.15. The van der Waals surface area contributed by atoms with Gasteiger partial charge in [-0.05, 0) is 42.0 Å². The quantitative estimate of drug-likeness (QED) is 0.499. The zero-order valence-corrected chi connectivity index (χ0v) is 16.1. The molecule has 0 saturated carbocycles. The maximum absolute atomic E-state index is 14.4. The molecule has 2 heterocycles. The van der Waals surface area contributed by atoms with Crippen LogP contribution in [0.3, 0.4) is 0 Å². The van der Waals surface area contributed by atoms with Gasteiger partial charge in [0.1, 0.15) is 11.7 Å². The van der Waals surface area contributed by atoms with Gasteiger partial charge in [0.05, 0.1) is 17.4 Å². The van der Waals surface area contributed by atoms with Crippen LogP contribution in [-0.2, 0) is 14.4 Å². The molecule has 0 aliphatic carbocycles. The molecule has 0 spiro atoms. The summed E-state index contributed by atoms with van der Waals surface area (Å²) in [4.78, 5) is 33.3. The van der Waals surface area contributed by atoms with Crippen LogP contribution in [0, 0.1) is 11.7 Å². The van der Waals surface area contributed by atoms with Crippen molar-refractivity contribution in [3.63, 3.8) is 0 Å². The van der Waals surface area contributed by atoms with Crippen molar-refractivity contribution in [3.8, 4) is 11.5 Å². The molecule has 2 saturated heterocycles. The number of benzene rings is 3. The van der Waals surface area contributed by atoms with Crippen LogP contribution in [0.2, 0.25) is 0 Å². The maximum atomic E-state index is 14.4. The van der Waals surface area contributed by atoms with Crippen molar-refractivity contribution in [1.82, 2.24) is 0 Å². The lowest BCUT2D eigenvalue weighted by molar-refractivity contribution is -0.126. The molecular formula is C23H17FN2O5. The van der Waals surface area contributed by atoms with Crippen molar-refractivity contribution in [2.45, 2.75) is 12.1 Å². The van der Waals surface area contributed by atoms with Gasteiger partial charge >= 0.3 is 0 Å². The van der Waals surface area contributed by atoms with E-state index in [4.69, 9.17) is 4.84 Å². The Kier molecular flexibility index (Phi) is 4.37. The highest BCUT2D eigenvalue weighted by Gasteiger charge is 2.60. The average Bonchev–Trinajstić information content (AvgIpc) is 3.28. The zero-order chi connectivity index (χ0) is 21.7. The fourth-order valence-electron chi connectivity index (χ4n) is 4.15. The van der Waals surface area contributed by atoms with Crippen molar-refractivity contribution >= 4 is 23.2 Å². The number of phenols is 2. The number of imide groups is 1. The highest BCUT2D eigenvalue weighted by Crippen LogP contribution is 2.48. The van der Waals surface area contributed by atoms with Gasteiger partial charge in [-0.1, -0.05) is 36.4 Å². The molecule has 7 nitrogen and oxygen atoms in total. The molecule has 8 heteroatoms. The van der Waals surface area contributed by atoms with Crippen molar-refractivity contribution in [2.24, 2.45) is 5.92 Å². The summed E-state index contributed by atoms with van der Waals surface area (Å²) in [7, 11) is 0. The van der Waals surface area contributed by atoms with E-state index >= 15 is 0 Å². The summed E-state index contributed by atoms with van der Waals surface area (Å²) in [5.74, 6) is -3.61. The summed E-state index contributed by atoms with van der Waals surface area (Å²) in [6.07, 6.45) is -1.16. The number of amides is 2. The maximum Gasteiger partial charge on any atom is 0.266 e. The summed E-state index contributed by atoms with van der Waals surface area (Å²) in [5, 5.41) is 21.2. The van der Waals surface area contributed by atoms with Gasteiger partial charge in [0.15, 0.2) is 17.6 Å². The summed E-state index contributed by atoms with van der Waals surface area (Å²) in [5.41, 5.74) is 0.935. The molecule has 0 bridgehead atoms. The monoisotopic (exact) mass is 420 g/mol. The Morgan fingerprint density at radius 1 is 0.839 bits per heavy atom. The first-order valence-electron chi connectivity index (χ1n) is 9.62. The number of anilines is 2. The van der Waals surface area contributed by atoms with E-state index in [0.29, 0.717) is 11.3 Å². The van der Waals surface area contributed by atoms with Crippen LogP contribution in [0.5, 0.6) is 11.5 Å². The number of hydrogen-bond donors (Lipinski definition) is 2. The number of fused-ring (bicyclic) bond motifs is 1. The van der Waals surface area contributed by atoms with E-state index in [1.807, 2.05) is 6.07 Å². The van der Waals surface area contributed by atoms with Gasteiger partial charge < -0.3 is 10.2 Å². The van der Waals surface area contributed by atoms with Crippen LogP contribution < -0.4 is 9.96 Å². The molecule has 3 aromatic rings. The molecule has 2 amide bonds. The predicted molar refractivity (Wildman–Crippen MR) is 109 cm³/mol. The Morgan fingerprint density at radius 3 is 2.26 bits per heavy atom. The number of aromatic hydroxyl groups is 2. The normalized spacial score (nSPS) is 22.8.